The Labute approximate surface area is 196 Å². The van der Waals surface area contributed by atoms with Crippen LogP contribution in [0.3, 0.4) is 0 Å². The highest BCUT2D eigenvalue weighted by molar-refractivity contribution is 5.89. The van der Waals surface area contributed by atoms with Gasteiger partial charge in [-0.15, -0.1) is 22.6 Å². The average molecular weight is 460 g/mol. The second kappa shape index (κ2) is 10.7. The van der Waals surface area contributed by atoms with Crippen molar-refractivity contribution in [1.29, 1.82) is 0 Å². The summed E-state index contributed by atoms with van der Waals surface area (Å²) in [5, 5.41) is 11.6. The van der Waals surface area contributed by atoms with Crippen LogP contribution in [-0.2, 0) is 6.54 Å². The van der Waals surface area contributed by atoms with Crippen molar-refractivity contribution in [3.63, 3.8) is 0 Å². The number of carbonyl (C=O) groups is 1. The van der Waals surface area contributed by atoms with Gasteiger partial charge in [0.05, 0.1) is 6.54 Å². The molecule has 3 heterocycles. The molecule has 0 bridgehead atoms. The number of aromatic nitrogens is 2. The minimum Gasteiger partial charge on any atom is -0.424 e. The molecular formula is C24H34ClN5O2. The van der Waals surface area contributed by atoms with E-state index in [0.29, 0.717) is 17.9 Å². The quantitative estimate of drug-likeness (QED) is 0.676. The first-order valence-electron chi connectivity index (χ1n) is 11.9. The molecule has 3 aliphatic rings. The van der Waals surface area contributed by atoms with Gasteiger partial charge in [-0.1, -0.05) is 31.0 Å². The average Bonchev–Trinajstić information content (AvgIpc) is 3.59. The number of hydrogen-bond donors (Lipinski definition) is 1. The number of nitrogens with zero attached hydrogens (tertiary/aromatic N) is 4. The zero-order valence-corrected chi connectivity index (χ0v) is 19.4. The van der Waals surface area contributed by atoms with Crippen LogP contribution in [0.25, 0.3) is 0 Å². The molecule has 1 atom stereocenters. The van der Waals surface area contributed by atoms with E-state index >= 15 is 0 Å². The molecule has 1 saturated carbocycles. The predicted molar refractivity (Wildman–Crippen MR) is 126 cm³/mol. The van der Waals surface area contributed by atoms with Crippen LogP contribution in [0.1, 0.15) is 69.1 Å². The zero-order chi connectivity index (χ0) is 21.0. The van der Waals surface area contributed by atoms with Gasteiger partial charge in [-0.3, -0.25) is 4.90 Å². The molecule has 0 radical (unpaired) electrons. The lowest BCUT2D eigenvalue weighted by Crippen LogP contribution is -2.49. The van der Waals surface area contributed by atoms with E-state index in [1.807, 2.05) is 30.3 Å². The maximum absolute atomic E-state index is 13.1. The lowest BCUT2D eigenvalue weighted by atomic mass is 9.86. The van der Waals surface area contributed by atoms with Crippen molar-refractivity contribution >= 4 is 24.1 Å². The number of likely N-dealkylation sites (tertiary alicyclic amines) is 2. The van der Waals surface area contributed by atoms with Crippen molar-refractivity contribution in [1.82, 2.24) is 20.0 Å². The SMILES string of the molecule is Cl.O=C(Nc1ccccc1)N1CCCCCC1C1CCN(Cc2nnc(C3CC3)o2)CC1. The fourth-order valence-corrected chi connectivity index (χ4v) is 5.11. The first-order chi connectivity index (χ1) is 15.3. The van der Waals surface area contributed by atoms with Crippen LogP contribution in [0.5, 0.6) is 0 Å². The number of rotatable bonds is 5. The van der Waals surface area contributed by atoms with Crippen molar-refractivity contribution in [3.05, 3.63) is 42.1 Å². The molecular weight excluding hydrogens is 426 g/mol. The number of anilines is 1. The molecule has 1 unspecified atom stereocenters. The Bertz CT molecular complexity index is 864. The molecule has 2 aromatic rings. The summed E-state index contributed by atoms with van der Waals surface area (Å²) in [6.45, 7) is 3.65. The van der Waals surface area contributed by atoms with Crippen molar-refractivity contribution in [2.75, 3.05) is 25.0 Å². The molecule has 8 heteroatoms. The normalized spacial score (nSPS) is 22.8. The van der Waals surface area contributed by atoms with Gasteiger partial charge in [-0.05, 0) is 69.7 Å². The van der Waals surface area contributed by atoms with Crippen molar-refractivity contribution in [3.8, 4) is 0 Å². The molecule has 32 heavy (non-hydrogen) atoms. The Kier molecular flexibility index (Phi) is 7.68. The topological polar surface area (TPSA) is 74.5 Å². The third-order valence-corrected chi connectivity index (χ3v) is 7.03. The van der Waals surface area contributed by atoms with Crippen LogP contribution in [0.2, 0.25) is 0 Å². The smallest absolute Gasteiger partial charge is 0.322 e. The van der Waals surface area contributed by atoms with Crippen LogP contribution in [0.15, 0.2) is 34.7 Å². The Balaban J connectivity index is 0.00000245. The highest BCUT2D eigenvalue weighted by atomic mass is 35.5. The van der Waals surface area contributed by atoms with E-state index in [0.717, 1.165) is 69.3 Å². The second-order valence-electron chi connectivity index (χ2n) is 9.33. The van der Waals surface area contributed by atoms with Gasteiger partial charge in [0.1, 0.15) is 0 Å². The predicted octanol–water partition coefficient (Wildman–Crippen LogP) is 5.06. The molecule has 0 spiro atoms. The van der Waals surface area contributed by atoms with E-state index < -0.39 is 0 Å². The number of amides is 2. The van der Waals surface area contributed by atoms with Gasteiger partial charge < -0.3 is 14.6 Å². The number of urea groups is 1. The standard InChI is InChI=1S/C24H33N5O2.ClH/c30-24(25-20-7-3-1-4-8-20)29-14-6-2-5-9-21(29)18-12-15-28(16-13-18)17-22-26-27-23(31-22)19-10-11-19;/h1,3-4,7-8,18-19,21H,2,5-6,9-17H2,(H,25,30);1H. The van der Waals surface area contributed by atoms with E-state index in [9.17, 15) is 4.79 Å². The minimum atomic E-state index is 0. The van der Waals surface area contributed by atoms with Crippen molar-refractivity contribution in [2.45, 2.75) is 69.9 Å². The van der Waals surface area contributed by atoms with Crippen LogP contribution in [-0.4, -0.2) is 51.7 Å². The summed E-state index contributed by atoms with van der Waals surface area (Å²) < 4.78 is 5.85. The number of carbonyl (C=O) groups excluding carboxylic acids is 1. The van der Waals surface area contributed by atoms with Crippen LogP contribution < -0.4 is 5.32 Å². The van der Waals surface area contributed by atoms with Gasteiger partial charge in [-0.2, -0.15) is 0 Å². The summed E-state index contributed by atoms with van der Waals surface area (Å²) in [5.41, 5.74) is 0.871. The first-order valence-corrected chi connectivity index (χ1v) is 11.9. The molecule has 1 aliphatic carbocycles. The number of piperidine rings is 1. The van der Waals surface area contributed by atoms with Gasteiger partial charge in [0.2, 0.25) is 11.8 Å². The van der Waals surface area contributed by atoms with Gasteiger partial charge >= 0.3 is 6.03 Å². The van der Waals surface area contributed by atoms with Gasteiger partial charge in [0.25, 0.3) is 0 Å². The van der Waals surface area contributed by atoms with Crippen molar-refractivity contribution in [2.24, 2.45) is 5.92 Å². The number of para-hydroxylation sites is 1. The van der Waals surface area contributed by atoms with Gasteiger partial charge in [0, 0.05) is 24.2 Å². The third-order valence-electron chi connectivity index (χ3n) is 7.03. The van der Waals surface area contributed by atoms with Crippen LogP contribution >= 0.6 is 12.4 Å². The van der Waals surface area contributed by atoms with E-state index in [1.165, 1.54) is 25.7 Å². The van der Waals surface area contributed by atoms with Gasteiger partial charge in [-0.25, -0.2) is 4.79 Å². The number of halogens is 1. The first kappa shape index (κ1) is 23.1. The lowest BCUT2D eigenvalue weighted by molar-refractivity contribution is 0.0985. The Morgan fingerprint density at radius 2 is 1.75 bits per heavy atom. The molecule has 174 valence electrons. The second-order valence-corrected chi connectivity index (χ2v) is 9.33. The van der Waals surface area contributed by atoms with E-state index in [1.54, 1.807) is 0 Å². The Morgan fingerprint density at radius 3 is 2.50 bits per heavy atom. The lowest BCUT2D eigenvalue weighted by Gasteiger charge is -2.40. The summed E-state index contributed by atoms with van der Waals surface area (Å²) in [6.07, 6.45) is 9.23. The molecule has 1 aromatic heterocycles. The molecule has 2 saturated heterocycles. The monoisotopic (exact) mass is 459 g/mol. The molecule has 1 aromatic carbocycles. The Hall–Kier alpha value is -2.12. The van der Waals surface area contributed by atoms with Gasteiger partial charge in [0.15, 0.2) is 0 Å². The summed E-state index contributed by atoms with van der Waals surface area (Å²) >= 11 is 0. The highest BCUT2D eigenvalue weighted by Gasteiger charge is 2.34. The molecule has 2 amide bonds. The van der Waals surface area contributed by atoms with E-state index in [4.69, 9.17) is 4.42 Å². The van der Waals surface area contributed by atoms with Crippen molar-refractivity contribution < 1.29 is 9.21 Å². The van der Waals surface area contributed by atoms with Crippen LogP contribution in [0, 0.1) is 5.92 Å². The third kappa shape index (κ3) is 5.62. The number of hydrogen-bond acceptors (Lipinski definition) is 5. The largest absolute Gasteiger partial charge is 0.424 e. The summed E-state index contributed by atoms with van der Waals surface area (Å²) in [4.78, 5) is 17.7. The maximum Gasteiger partial charge on any atom is 0.322 e. The molecule has 1 N–H and O–H groups in total. The summed E-state index contributed by atoms with van der Waals surface area (Å²) in [7, 11) is 0. The fraction of sp³-hybridized carbons (Fsp3) is 0.625. The number of benzene rings is 1. The van der Waals surface area contributed by atoms with Crippen LogP contribution in [0.4, 0.5) is 10.5 Å². The maximum atomic E-state index is 13.1. The fourth-order valence-electron chi connectivity index (χ4n) is 5.11. The number of nitrogens with one attached hydrogen (secondary N) is 1. The molecule has 5 rings (SSSR count). The molecule has 2 aliphatic heterocycles. The Morgan fingerprint density at radius 1 is 0.969 bits per heavy atom. The summed E-state index contributed by atoms with van der Waals surface area (Å²) in [6, 6.07) is 10.2. The highest BCUT2D eigenvalue weighted by Crippen LogP contribution is 2.39. The molecule has 7 nitrogen and oxygen atoms in total. The van der Waals surface area contributed by atoms with E-state index in [-0.39, 0.29) is 18.4 Å². The van der Waals surface area contributed by atoms with E-state index in [2.05, 4.69) is 25.3 Å². The molecule has 3 fully saturated rings. The summed E-state index contributed by atoms with van der Waals surface area (Å²) in [5.74, 6) is 2.64. The minimum absolute atomic E-state index is 0. The zero-order valence-electron chi connectivity index (χ0n) is 18.6.